The zero-order valence-corrected chi connectivity index (χ0v) is 14.4. The van der Waals surface area contributed by atoms with Crippen molar-refractivity contribution in [1.82, 2.24) is 5.16 Å². The molecule has 0 radical (unpaired) electrons. The Labute approximate surface area is 133 Å². The van der Waals surface area contributed by atoms with E-state index in [2.05, 4.69) is 32.9 Å². The third-order valence-electron chi connectivity index (χ3n) is 6.84. The van der Waals surface area contributed by atoms with Gasteiger partial charge in [0.25, 0.3) is 0 Å². The summed E-state index contributed by atoms with van der Waals surface area (Å²) in [4.78, 5) is 0. The van der Waals surface area contributed by atoms with Crippen molar-refractivity contribution in [2.45, 2.75) is 65.2 Å². The minimum atomic E-state index is 0.118. The summed E-state index contributed by atoms with van der Waals surface area (Å²) < 4.78 is 11.1. The maximum atomic E-state index is 5.63. The number of nitrogens with zero attached hydrogens (tertiary/aromatic N) is 1. The van der Waals surface area contributed by atoms with E-state index in [1.807, 2.05) is 6.20 Å². The summed E-state index contributed by atoms with van der Waals surface area (Å²) in [6.07, 6.45) is 8.48. The fourth-order valence-corrected chi connectivity index (χ4v) is 6.03. The van der Waals surface area contributed by atoms with Crippen molar-refractivity contribution in [1.29, 1.82) is 0 Å². The quantitative estimate of drug-likeness (QED) is 0.814. The lowest BCUT2D eigenvalue weighted by Gasteiger charge is -2.55. The Hall–Kier alpha value is -0.830. The molecular weight excluding hydrogens is 274 g/mol. The predicted octanol–water partition coefficient (Wildman–Crippen LogP) is 4.36. The van der Waals surface area contributed by atoms with Gasteiger partial charge in [-0.2, -0.15) is 0 Å². The maximum Gasteiger partial charge on any atom is 0.145 e. The lowest BCUT2D eigenvalue weighted by molar-refractivity contribution is -0.121. The smallest absolute Gasteiger partial charge is 0.145 e. The summed E-state index contributed by atoms with van der Waals surface area (Å²) in [5.74, 6) is 2.71. The predicted molar refractivity (Wildman–Crippen MR) is 85.7 cm³/mol. The molecule has 2 fully saturated rings. The van der Waals surface area contributed by atoms with Crippen LogP contribution in [0.1, 0.15) is 64.7 Å². The van der Waals surface area contributed by atoms with Gasteiger partial charge in [0.1, 0.15) is 5.76 Å². The van der Waals surface area contributed by atoms with Crippen LogP contribution in [0.3, 0.4) is 0 Å². The van der Waals surface area contributed by atoms with E-state index in [0.717, 1.165) is 31.3 Å². The second-order valence-electron chi connectivity index (χ2n) is 9.44. The van der Waals surface area contributed by atoms with Gasteiger partial charge >= 0.3 is 0 Å². The van der Waals surface area contributed by atoms with Crippen molar-refractivity contribution in [3.8, 4) is 0 Å². The van der Waals surface area contributed by atoms with Gasteiger partial charge in [-0.1, -0.05) is 39.3 Å². The van der Waals surface area contributed by atoms with Crippen LogP contribution in [0.15, 0.2) is 10.7 Å². The van der Waals surface area contributed by atoms with E-state index in [-0.39, 0.29) is 5.41 Å². The van der Waals surface area contributed by atoms with E-state index in [4.69, 9.17) is 9.26 Å². The minimum Gasteiger partial charge on any atom is -0.380 e. The number of hydrogen-bond acceptors (Lipinski definition) is 3. The minimum absolute atomic E-state index is 0.118. The Morgan fingerprint density at radius 1 is 1.18 bits per heavy atom. The van der Waals surface area contributed by atoms with Crippen molar-refractivity contribution < 1.29 is 9.26 Å². The van der Waals surface area contributed by atoms with Crippen LogP contribution in [0.2, 0.25) is 0 Å². The largest absolute Gasteiger partial charge is 0.380 e. The molecule has 3 nitrogen and oxygen atoms in total. The first-order valence-electron chi connectivity index (χ1n) is 8.84. The number of hydrogen-bond donors (Lipinski definition) is 0. The summed E-state index contributed by atoms with van der Waals surface area (Å²) in [7, 11) is 0. The molecular formula is C19H29NO2. The molecule has 0 aromatic carbocycles. The molecule has 1 saturated carbocycles. The van der Waals surface area contributed by atoms with Gasteiger partial charge in [-0.05, 0) is 42.9 Å². The third-order valence-corrected chi connectivity index (χ3v) is 6.84. The molecule has 1 unspecified atom stereocenters. The number of fused-ring (bicyclic) bond motifs is 2. The Kier molecular flexibility index (Phi) is 3.08. The molecule has 1 aliphatic heterocycles. The van der Waals surface area contributed by atoms with E-state index in [0.29, 0.717) is 16.7 Å². The third kappa shape index (κ3) is 2.08. The van der Waals surface area contributed by atoms with Crippen LogP contribution in [-0.2, 0) is 16.6 Å². The summed E-state index contributed by atoms with van der Waals surface area (Å²) in [6, 6.07) is 0. The Morgan fingerprint density at radius 3 is 2.64 bits per heavy atom. The van der Waals surface area contributed by atoms with Crippen LogP contribution in [0.4, 0.5) is 0 Å². The van der Waals surface area contributed by atoms with Crippen LogP contribution in [-0.4, -0.2) is 18.4 Å². The molecule has 3 atom stereocenters. The molecule has 122 valence electrons. The lowest BCUT2D eigenvalue weighted by atomic mass is 9.49. The van der Waals surface area contributed by atoms with Gasteiger partial charge in [0.05, 0.1) is 19.4 Å². The molecule has 0 spiro atoms. The van der Waals surface area contributed by atoms with Crippen LogP contribution in [0.25, 0.3) is 0 Å². The van der Waals surface area contributed by atoms with E-state index in [9.17, 15) is 0 Å². The molecule has 1 aromatic heterocycles. The highest BCUT2D eigenvalue weighted by Gasteiger charge is 2.54. The zero-order chi connectivity index (χ0) is 15.6. The highest BCUT2D eigenvalue weighted by Crippen LogP contribution is 2.59. The summed E-state index contributed by atoms with van der Waals surface area (Å²) in [5.41, 5.74) is 2.31. The molecule has 3 aliphatic rings. The van der Waals surface area contributed by atoms with Gasteiger partial charge in [0, 0.05) is 16.4 Å². The molecule has 2 heterocycles. The van der Waals surface area contributed by atoms with E-state index < -0.39 is 0 Å². The SMILES string of the molecule is CC1(CC2CC[C@@H]3C(C)(C)c4oncc4C[C@@]3(C)C2)COC1. The van der Waals surface area contributed by atoms with Gasteiger partial charge in [-0.15, -0.1) is 0 Å². The molecule has 3 heteroatoms. The van der Waals surface area contributed by atoms with Crippen molar-refractivity contribution in [2.75, 3.05) is 13.2 Å². The second kappa shape index (κ2) is 4.59. The van der Waals surface area contributed by atoms with Crippen molar-refractivity contribution in [2.24, 2.45) is 22.7 Å². The summed E-state index contributed by atoms with van der Waals surface area (Å²) in [6.45, 7) is 11.6. The van der Waals surface area contributed by atoms with Crippen molar-refractivity contribution >= 4 is 0 Å². The monoisotopic (exact) mass is 303 g/mol. The Morgan fingerprint density at radius 2 is 1.95 bits per heavy atom. The number of rotatable bonds is 2. The average molecular weight is 303 g/mol. The average Bonchev–Trinajstić information content (AvgIpc) is 2.84. The maximum absolute atomic E-state index is 5.63. The van der Waals surface area contributed by atoms with E-state index in [1.165, 1.54) is 31.2 Å². The molecule has 1 saturated heterocycles. The van der Waals surface area contributed by atoms with Gasteiger partial charge in [-0.25, -0.2) is 0 Å². The number of ether oxygens (including phenoxy) is 1. The first-order chi connectivity index (χ1) is 10.3. The highest BCUT2D eigenvalue weighted by atomic mass is 16.5. The highest BCUT2D eigenvalue weighted by molar-refractivity contribution is 5.30. The first-order valence-corrected chi connectivity index (χ1v) is 8.84. The van der Waals surface area contributed by atoms with Gasteiger partial charge < -0.3 is 9.26 Å². The van der Waals surface area contributed by atoms with E-state index in [1.54, 1.807) is 0 Å². The van der Waals surface area contributed by atoms with Crippen LogP contribution < -0.4 is 0 Å². The zero-order valence-electron chi connectivity index (χ0n) is 14.4. The fourth-order valence-electron chi connectivity index (χ4n) is 6.03. The molecule has 1 aromatic rings. The lowest BCUT2D eigenvalue weighted by Crippen LogP contribution is -2.50. The number of aromatic nitrogens is 1. The van der Waals surface area contributed by atoms with Gasteiger partial charge in [0.15, 0.2) is 0 Å². The van der Waals surface area contributed by atoms with Crippen molar-refractivity contribution in [3.05, 3.63) is 17.5 Å². The molecule has 0 N–H and O–H groups in total. The molecule has 0 bridgehead atoms. The van der Waals surface area contributed by atoms with Gasteiger partial charge in [-0.3, -0.25) is 0 Å². The Bertz CT molecular complexity index is 572. The first kappa shape index (κ1) is 14.7. The van der Waals surface area contributed by atoms with Crippen LogP contribution in [0.5, 0.6) is 0 Å². The van der Waals surface area contributed by atoms with Crippen LogP contribution >= 0.6 is 0 Å². The van der Waals surface area contributed by atoms with Crippen molar-refractivity contribution in [3.63, 3.8) is 0 Å². The Balaban J connectivity index is 1.58. The topological polar surface area (TPSA) is 35.3 Å². The molecule has 0 amide bonds. The molecule has 22 heavy (non-hydrogen) atoms. The standard InChI is InChI=1S/C19H29NO2/c1-17(2)15-6-5-13(7-18(3)11-21-12-18)8-19(15,4)9-14-10-20-22-16(14)17/h10,13,15H,5-9,11-12H2,1-4H3/t13?,15-,19-/m1/s1. The summed E-state index contributed by atoms with van der Waals surface area (Å²) >= 11 is 0. The van der Waals surface area contributed by atoms with Gasteiger partial charge in [0.2, 0.25) is 0 Å². The fraction of sp³-hybridized carbons (Fsp3) is 0.842. The summed E-state index contributed by atoms with van der Waals surface area (Å²) in [5, 5.41) is 4.10. The van der Waals surface area contributed by atoms with Crippen LogP contribution in [0, 0.1) is 22.7 Å². The second-order valence-corrected chi connectivity index (χ2v) is 9.44. The van der Waals surface area contributed by atoms with E-state index >= 15 is 0 Å². The molecule has 2 aliphatic carbocycles. The molecule has 4 rings (SSSR count). The normalized spacial score (nSPS) is 38.7.